The van der Waals surface area contributed by atoms with Gasteiger partial charge in [0, 0.05) is 11.6 Å². The summed E-state index contributed by atoms with van der Waals surface area (Å²) in [7, 11) is -3.72. The molecule has 4 nitrogen and oxygen atoms in total. The van der Waals surface area contributed by atoms with Gasteiger partial charge in [0.05, 0.1) is 11.6 Å². The zero-order valence-electron chi connectivity index (χ0n) is 10.8. The highest BCUT2D eigenvalue weighted by Crippen LogP contribution is 2.29. The lowest BCUT2D eigenvalue weighted by atomic mass is 10.1. The molecule has 0 fully saturated rings. The van der Waals surface area contributed by atoms with Gasteiger partial charge in [-0.05, 0) is 30.0 Å². The second-order valence-corrected chi connectivity index (χ2v) is 7.17. The van der Waals surface area contributed by atoms with E-state index in [1.165, 1.54) is 12.1 Å². The molecule has 0 bridgehead atoms. The zero-order chi connectivity index (χ0) is 14.6. The molecule has 0 heterocycles. The third-order valence-corrected chi connectivity index (χ3v) is 4.81. The highest BCUT2D eigenvalue weighted by atomic mass is 35.5. The van der Waals surface area contributed by atoms with Crippen molar-refractivity contribution in [1.29, 1.82) is 0 Å². The molecule has 0 amide bonds. The Labute approximate surface area is 123 Å². The Morgan fingerprint density at radius 2 is 1.95 bits per heavy atom. The summed E-state index contributed by atoms with van der Waals surface area (Å²) in [5, 5.41) is 9.35. The molecule has 0 saturated carbocycles. The van der Waals surface area contributed by atoms with E-state index in [4.69, 9.17) is 28.3 Å². The van der Waals surface area contributed by atoms with Gasteiger partial charge in [0.1, 0.15) is 4.90 Å². The molecule has 108 valence electrons. The van der Waals surface area contributed by atoms with Crippen molar-refractivity contribution in [2.45, 2.75) is 31.8 Å². The van der Waals surface area contributed by atoms with Gasteiger partial charge in [0.2, 0.25) is 10.0 Å². The molecule has 0 radical (unpaired) electrons. The van der Waals surface area contributed by atoms with Crippen LogP contribution in [0.1, 0.15) is 25.8 Å². The summed E-state index contributed by atoms with van der Waals surface area (Å²) in [6.07, 6.45) is 0.726. The van der Waals surface area contributed by atoms with Gasteiger partial charge in [-0.15, -0.1) is 0 Å². The number of nitrogens with one attached hydrogen (secondary N) is 1. The number of hydrogen-bond acceptors (Lipinski definition) is 3. The van der Waals surface area contributed by atoms with Gasteiger partial charge in [-0.3, -0.25) is 0 Å². The minimum Gasteiger partial charge on any atom is -0.392 e. The molecule has 1 aromatic carbocycles. The Bertz CT molecular complexity index is 544. The maximum absolute atomic E-state index is 12.1. The Hall–Kier alpha value is -0.330. The Morgan fingerprint density at radius 3 is 2.47 bits per heavy atom. The Kier molecular flexibility index (Phi) is 6.08. The van der Waals surface area contributed by atoms with Crippen LogP contribution in [-0.2, 0) is 16.6 Å². The third kappa shape index (κ3) is 4.61. The normalized spacial score (nSPS) is 12.1. The molecule has 19 heavy (non-hydrogen) atoms. The van der Waals surface area contributed by atoms with Gasteiger partial charge >= 0.3 is 0 Å². The van der Waals surface area contributed by atoms with Crippen molar-refractivity contribution in [3.63, 3.8) is 0 Å². The number of halogens is 2. The number of sulfonamides is 1. The average molecular weight is 326 g/mol. The monoisotopic (exact) mass is 325 g/mol. The summed E-state index contributed by atoms with van der Waals surface area (Å²) in [6, 6.07) is 2.72. The van der Waals surface area contributed by atoms with Crippen molar-refractivity contribution in [2.24, 2.45) is 5.92 Å². The molecule has 1 aromatic rings. The van der Waals surface area contributed by atoms with E-state index in [-0.39, 0.29) is 21.5 Å². The number of benzene rings is 1. The fraction of sp³-hybridized carbons (Fsp3) is 0.500. The highest BCUT2D eigenvalue weighted by molar-refractivity contribution is 7.89. The van der Waals surface area contributed by atoms with E-state index in [0.717, 1.165) is 6.42 Å². The van der Waals surface area contributed by atoms with E-state index in [9.17, 15) is 8.42 Å². The molecular weight excluding hydrogens is 309 g/mol. The molecule has 0 aromatic heterocycles. The van der Waals surface area contributed by atoms with Crippen molar-refractivity contribution in [1.82, 2.24) is 4.72 Å². The minimum absolute atomic E-state index is 0.00365. The summed E-state index contributed by atoms with van der Waals surface area (Å²) >= 11 is 11.8. The smallest absolute Gasteiger partial charge is 0.242 e. The maximum Gasteiger partial charge on any atom is 0.242 e. The number of rotatable bonds is 6. The lowest BCUT2D eigenvalue weighted by molar-refractivity contribution is 0.281. The van der Waals surface area contributed by atoms with E-state index in [0.29, 0.717) is 18.0 Å². The van der Waals surface area contributed by atoms with Gasteiger partial charge in [-0.2, -0.15) is 0 Å². The average Bonchev–Trinajstić information content (AvgIpc) is 2.30. The van der Waals surface area contributed by atoms with Gasteiger partial charge in [0.15, 0.2) is 0 Å². The van der Waals surface area contributed by atoms with Crippen molar-refractivity contribution in [3.05, 3.63) is 27.7 Å². The SMILES string of the molecule is CC(C)CCNS(=O)(=O)c1cc(Cl)cc(CO)c1Cl. The molecule has 0 aliphatic rings. The van der Waals surface area contributed by atoms with Crippen LogP contribution in [0.15, 0.2) is 17.0 Å². The topological polar surface area (TPSA) is 66.4 Å². The maximum atomic E-state index is 12.1. The molecule has 0 atom stereocenters. The van der Waals surface area contributed by atoms with Crippen molar-refractivity contribution < 1.29 is 13.5 Å². The lowest BCUT2D eigenvalue weighted by Crippen LogP contribution is -2.26. The highest BCUT2D eigenvalue weighted by Gasteiger charge is 2.20. The molecule has 0 unspecified atom stereocenters. The number of aliphatic hydroxyl groups is 1. The standard InChI is InChI=1S/C12H17Cl2NO3S/c1-8(2)3-4-15-19(17,18)11-6-10(13)5-9(7-16)12(11)14/h5-6,8,15-16H,3-4,7H2,1-2H3. The van der Waals surface area contributed by atoms with E-state index in [1.807, 2.05) is 13.8 Å². The third-order valence-electron chi connectivity index (χ3n) is 2.55. The second-order valence-electron chi connectivity index (χ2n) is 4.62. The van der Waals surface area contributed by atoms with E-state index in [1.54, 1.807) is 0 Å². The fourth-order valence-corrected chi connectivity index (χ4v) is 3.46. The van der Waals surface area contributed by atoms with E-state index in [2.05, 4.69) is 4.72 Å². The van der Waals surface area contributed by atoms with Crippen LogP contribution < -0.4 is 4.72 Å². The van der Waals surface area contributed by atoms with Gasteiger partial charge in [-0.1, -0.05) is 37.0 Å². The first kappa shape index (κ1) is 16.7. The summed E-state index contributed by atoms with van der Waals surface area (Å²) in [4.78, 5) is -0.102. The van der Waals surface area contributed by atoms with Gasteiger partial charge in [0.25, 0.3) is 0 Å². The Morgan fingerprint density at radius 1 is 1.32 bits per heavy atom. The van der Waals surface area contributed by atoms with E-state index < -0.39 is 10.0 Å². The van der Waals surface area contributed by atoms with Crippen LogP contribution in [0.2, 0.25) is 10.0 Å². The fourth-order valence-electron chi connectivity index (χ4n) is 1.49. The molecule has 0 aliphatic heterocycles. The molecule has 0 saturated heterocycles. The number of aliphatic hydroxyl groups excluding tert-OH is 1. The number of hydrogen-bond donors (Lipinski definition) is 2. The largest absolute Gasteiger partial charge is 0.392 e. The van der Waals surface area contributed by atoms with Crippen LogP contribution in [0.4, 0.5) is 0 Å². The minimum atomic E-state index is -3.72. The van der Waals surface area contributed by atoms with Crippen LogP contribution >= 0.6 is 23.2 Å². The van der Waals surface area contributed by atoms with Gasteiger partial charge < -0.3 is 5.11 Å². The van der Waals surface area contributed by atoms with Crippen LogP contribution in [0.5, 0.6) is 0 Å². The second kappa shape index (κ2) is 6.90. The molecule has 0 aliphatic carbocycles. The van der Waals surface area contributed by atoms with Gasteiger partial charge in [-0.25, -0.2) is 13.1 Å². The Balaban J connectivity index is 3.04. The van der Waals surface area contributed by atoms with Crippen molar-refractivity contribution in [3.8, 4) is 0 Å². The quantitative estimate of drug-likeness (QED) is 0.845. The first-order valence-electron chi connectivity index (χ1n) is 5.86. The summed E-state index contributed by atoms with van der Waals surface area (Å²) in [5.41, 5.74) is 0.290. The van der Waals surface area contributed by atoms with Crippen LogP contribution in [0.25, 0.3) is 0 Å². The van der Waals surface area contributed by atoms with Crippen LogP contribution in [0, 0.1) is 5.92 Å². The summed E-state index contributed by atoms with van der Waals surface area (Å²) in [5.74, 6) is 0.394. The van der Waals surface area contributed by atoms with Crippen LogP contribution in [-0.4, -0.2) is 20.1 Å². The molecule has 1 rings (SSSR count). The molecule has 2 N–H and O–H groups in total. The van der Waals surface area contributed by atoms with Crippen molar-refractivity contribution in [2.75, 3.05) is 6.54 Å². The molecular formula is C12H17Cl2NO3S. The molecule has 7 heteroatoms. The first-order chi connectivity index (χ1) is 8.77. The summed E-state index contributed by atoms with van der Waals surface area (Å²) in [6.45, 7) is 3.97. The predicted molar refractivity (Wildman–Crippen MR) is 77.0 cm³/mol. The zero-order valence-corrected chi connectivity index (χ0v) is 13.1. The first-order valence-corrected chi connectivity index (χ1v) is 8.10. The van der Waals surface area contributed by atoms with Crippen LogP contribution in [0.3, 0.4) is 0 Å². The molecule has 0 spiro atoms. The van der Waals surface area contributed by atoms with Crippen molar-refractivity contribution >= 4 is 33.2 Å². The van der Waals surface area contributed by atoms with E-state index >= 15 is 0 Å². The summed E-state index contributed by atoms with van der Waals surface area (Å²) < 4.78 is 26.7. The lowest BCUT2D eigenvalue weighted by Gasteiger charge is -2.12. The predicted octanol–water partition coefficient (Wildman–Crippen LogP) is 2.81.